The highest BCUT2D eigenvalue weighted by atomic mass is 31.2. The smallest absolute Gasteiger partial charge is 0.391 e. The standard InChI is InChI=1S/C29H61N2O6P/c1-6-8-10-11-12-13-14-15-16-17-18-19-21-23-29(33)30-27(28(32)22-20-9-7-2)26-37-38(34,35)36-25-24-31(3,4)5/h27-28,32H,6-26H2,1-5H3,(H-,30,33,34,35)/p+1. The summed E-state index contributed by atoms with van der Waals surface area (Å²) < 4.78 is 23.1. The van der Waals surface area contributed by atoms with Crippen LogP contribution >= 0.6 is 7.82 Å². The molecule has 0 aromatic heterocycles. The molecule has 0 radical (unpaired) electrons. The predicted molar refractivity (Wildman–Crippen MR) is 157 cm³/mol. The zero-order valence-electron chi connectivity index (χ0n) is 25.4. The van der Waals surface area contributed by atoms with Gasteiger partial charge < -0.3 is 19.8 Å². The highest BCUT2D eigenvalue weighted by Gasteiger charge is 2.28. The molecule has 0 bridgehead atoms. The lowest BCUT2D eigenvalue weighted by Gasteiger charge is -2.26. The number of rotatable bonds is 27. The summed E-state index contributed by atoms with van der Waals surface area (Å²) in [6.07, 6.45) is 19.1. The zero-order valence-corrected chi connectivity index (χ0v) is 26.3. The fourth-order valence-corrected chi connectivity index (χ4v) is 5.01. The van der Waals surface area contributed by atoms with Crippen molar-refractivity contribution in [3.05, 3.63) is 0 Å². The van der Waals surface area contributed by atoms with Gasteiger partial charge in [0.1, 0.15) is 13.2 Å². The van der Waals surface area contributed by atoms with Gasteiger partial charge in [-0.15, -0.1) is 0 Å². The summed E-state index contributed by atoms with van der Waals surface area (Å²) in [5, 5.41) is 13.5. The lowest BCUT2D eigenvalue weighted by Crippen LogP contribution is -2.46. The molecule has 9 heteroatoms. The van der Waals surface area contributed by atoms with Crippen molar-refractivity contribution in [1.82, 2.24) is 5.32 Å². The molecule has 3 unspecified atom stereocenters. The lowest BCUT2D eigenvalue weighted by molar-refractivity contribution is -0.870. The van der Waals surface area contributed by atoms with E-state index in [1.807, 2.05) is 21.1 Å². The molecule has 228 valence electrons. The number of carbonyl (C=O) groups is 1. The van der Waals surface area contributed by atoms with Crippen molar-refractivity contribution in [3.8, 4) is 0 Å². The lowest BCUT2D eigenvalue weighted by atomic mass is 10.0. The van der Waals surface area contributed by atoms with Crippen LogP contribution in [0.25, 0.3) is 0 Å². The zero-order chi connectivity index (χ0) is 28.7. The number of nitrogens with zero attached hydrogens (tertiary/aromatic N) is 1. The molecule has 0 aliphatic rings. The Morgan fingerprint density at radius 2 is 1.26 bits per heavy atom. The number of quaternary nitrogens is 1. The first-order valence-electron chi connectivity index (χ1n) is 15.4. The average Bonchev–Trinajstić information content (AvgIpc) is 2.83. The normalized spacial score (nSPS) is 15.2. The molecule has 0 aromatic carbocycles. The van der Waals surface area contributed by atoms with E-state index in [1.54, 1.807) is 0 Å². The second-order valence-corrected chi connectivity index (χ2v) is 13.3. The molecule has 8 nitrogen and oxygen atoms in total. The quantitative estimate of drug-likeness (QED) is 0.0579. The minimum absolute atomic E-state index is 0.0758. The van der Waals surface area contributed by atoms with Crippen LogP contribution in [0.3, 0.4) is 0 Å². The van der Waals surface area contributed by atoms with Crippen LogP contribution in [0.5, 0.6) is 0 Å². The number of aliphatic hydroxyl groups excluding tert-OH is 1. The van der Waals surface area contributed by atoms with Crippen LogP contribution in [0.4, 0.5) is 0 Å². The SMILES string of the molecule is CCCCCCCCCCCCCCCC(=O)NC(COP(=O)(O)OCC[N+](C)(C)C)C(O)CCCCC. The van der Waals surface area contributed by atoms with Crippen LogP contribution in [-0.4, -0.2) is 73.4 Å². The van der Waals surface area contributed by atoms with Crippen LogP contribution in [0.1, 0.15) is 129 Å². The first-order valence-corrected chi connectivity index (χ1v) is 16.9. The molecule has 0 aliphatic carbocycles. The average molecular weight is 566 g/mol. The molecular weight excluding hydrogens is 503 g/mol. The maximum atomic E-state index is 12.6. The molecule has 38 heavy (non-hydrogen) atoms. The largest absolute Gasteiger partial charge is 0.472 e. The Morgan fingerprint density at radius 3 is 1.76 bits per heavy atom. The van der Waals surface area contributed by atoms with Crippen molar-refractivity contribution in [1.29, 1.82) is 0 Å². The number of unbranched alkanes of at least 4 members (excludes halogenated alkanes) is 14. The van der Waals surface area contributed by atoms with Gasteiger partial charge in [0.25, 0.3) is 0 Å². The van der Waals surface area contributed by atoms with Crippen molar-refractivity contribution in [2.45, 2.75) is 142 Å². The number of hydrogen-bond donors (Lipinski definition) is 3. The van der Waals surface area contributed by atoms with Crippen molar-refractivity contribution in [2.75, 3.05) is 40.9 Å². The van der Waals surface area contributed by atoms with Crippen LogP contribution in [-0.2, 0) is 18.4 Å². The van der Waals surface area contributed by atoms with E-state index in [2.05, 4.69) is 19.2 Å². The molecule has 1 amide bonds. The molecule has 0 spiro atoms. The summed E-state index contributed by atoms with van der Waals surface area (Å²) in [5.74, 6) is -0.157. The highest BCUT2D eigenvalue weighted by Crippen LogP contribution is 2.43. The van der Waals surface area contributed by atoms with Gasteiger partial charge >= 0.3 is 7.82 Å². The monoisotopic (exact) mass is 565 g/mol. The van der Waals surface area contributed by atoms with Gasteiger partial charge in [-0.2, -0.15) is 0 Å². The van der Waals surface area contributed by atoms with Gasteiger partial charge in [-0.25, -0.2) is 4.57 Å². The first-order chi connectivity index (χ1) is 18.0. The Balaban J connectivity index is 4.27. The van der Waals surface area contributed by atoms with Crippen LogP contribution in [0, 0.1) is 0 Å². The molecule has 0 aliphatic heterocycles. The molecule has 3 N–H and O–H groups in total. The number of phosphoric acid groups is 1. The molecule has 0 heterocycles. The molecule has 0 saturated heterocycles. The van der Waals surface area contributed by atoms with Crippen LogP contribution in [0.15, 0.2) is 0 Å². The minimum atomic E-state index is -4.27. The summed E-state index contributed by atoms with van der Waals surface area (Å²) in [4.78, 5) is 22.6. The first kappa shape index (κ1) is 37.5. The highest BCUT2D eigenvalue weighted by molar-refractivity contribution is 7.47. The second-order valence-electron chi connectivity index (χ2n) is 11.8. The third-order valence-electron chi connectivity index (χ3n) is 6.86. The number of nitrogens with one attached hydrogen (secondary N) is 1. The Morgan fingerprint density at radius 1 is 0.789 bits per heavy atom. The van der Waals surface area contributed by atoms with Crippen molar-refractivity contribution in [3.63, 3.8) is 0 Å². The van der Waals surface area contributed by atoms with Crippen molar-refractivity contribution >= 4 is 13.7 Å². The van der Waals surface area contributed by atoms with E-state index in [0.29, 0.717) is 23.9 Å². The fourth-order valence-electron chi connectivity index (χ4n) is 4.28. The number of phosphoric ester groups is 1. The van der Waals surface area contributed by atoms with Crippen LogP contribution in [0.2, 0.25) is 0 Å². The molecule has 0 saturated carbocycles. The van der Waals surface area contributed by atoms with E-state index in [-0.39, 0.29) is 19.1 Å². The Kier molecular flexibility index (Phi) is 22.9. The Bertz CT molecular complexity index is 614. The summed E-state index contributed by atoms with van der Waals surface area (Å²) in [5.41, 5.74) is 0. The van der Waals surface area contributed by atoms with E-state index in [4.69, 9.17) is 9.05 Å². The van der Waals surface area contributed by atoms with Gasteiger partial charge in [-0.3, -0.25) is 13.8 Å². The van der Waals surface area contributed by atoms with E-state index < -0.39 is 20.0 Å². The van der Waals surface area contributed by atoms with Crippen LogP contribution < -0.4 is 5.32 Å². The van der Waals surface area contributed by atoms with Gasteiger partial charge in [0.2, 0.25) is 5.91 Å². The van der Waals surface area contributed by atoms with Crippen molar-refractivity contribution < 1.29 is 32.9 Å². The second kappa shape index (κ2) is 23.2. The summed E-state index contributed by atoms with van der Waals surface area (Å²) in [6.45, 7) is 4.69. The fraction of sp³-hybridized carbons (Fsp3) is 0.966. The summed E-state index contributed by atoms with van der Waals surface area (Å²) >= 11 is 0. The maximum Gasteiger partial charge on any atom is 0.472 e. The minimum Gasteiger partial charge on any atom is -0.391 e. The molecule has 0 fully saturated rings. The molecule has 3 atom stereocenters. The molecule has 0 aromatic rings. The van der Waals surface area contributed by atoms with E-state index in [0.717, 1.165) is 38.5 Å². The van der Waals surface area contributed by atoms with Crippen molar-refractivity contribution in [2.24, 2.45) is 0 Å². The van der Waals surface area contributed by atoms with Gasteiger partial charge in [0, 0.05) is 6.42 Å². The maximum absolute atomic E-state index is 12.6. The third kappa shape index (κ3) is 24.5. The number of carbonyl (C=O) groups excluding carboxylic acids is 1. The predicted octanol–water partition coefficient (Wildman–Crippen LogP) is 6.73. The van der Waals surface area contributed by atoms with Gasteiger partial charge in [0.05, 0.1) is 39.9 Å². The van der Waals surface area contributed by atoms with E-state index in [9.17, 15) is 19.4 Å². The van der Waals surface area contributed by atoms with E-state index in [1.165, 1.54) is 64.2 Å². The Labute approximate surface area is 234 Å². The summed E-state index contributed by atoms with van der Waals surface area (Å²) in [6, 6.07) is -0.746. The topological polar surface area (TPSA) is 105 Å². The number of hydrogen-bond acceptors (Lipinski definition) is 5. The number of amides is 1. The summed E-state index contributed by atoms with van der Waals surface area (Å²) in [7, 11) is 1.61. The molecular formula is C29H62N2O6P+. The van der Waals surface area contributed by atoms with E-state index >= 15 is 0 Å². The number of aliphatic hydroxyl groups is 1. The Hall–Kier alpha value is -0.500. The number of likely N-dealkylation sites (N-methyl/N-ethyl adjacent to an activating group) is 1. The molecule has 0 rings (SSSR count). The van der Waals surface area contributed by atoms with Gasteiger partial charge in [0.15, 0.2) is 0 Å². The van der Waals surface area contributed by atoms with Gasteiger partial charge in [-0.1, -0.05) is 110 Å². The third-order valence-corrected chi connectivity index (χ3v) is 7.84. The van der Waals surface area contributed by atoms with Gasteiger partial charge in [-0.05, 0) is 12.8 Å².